The summed E-state index contributed by atoms with van der Waals surface area (Å²) in [5.74, 6) is 0.0924. The number of ether oxygens (including phenoxy) is 1. The number of pyridine rings is 1. The minimum Gasteiger partial charge on any atom is -0.383 e. The third-order valence-corrected chi connectivity index (χ3v) is 4.42. The smallest absolute Gasteiger partial charge is 0.250 e. The van der Waals surface area contributed by atoms with E-state index in [1.54, 1.807) is 23.9 Å². The fraction of sp³-hybridized carbons (Fsp3) is 0.600. The summed E-state index contributed by atoms with van der Waals surface area (Å²) in [6.07, 6.45) is 4.85. The molecule has 3 rings (SSSR count). The van der Waals surface area contributed by atoms with Crippen LogP contribution in [0, 0.1) is 5.92 Å². The summed E-state index contributed by atoms with van der Waals surface area (Å²) in [5.41, 5.74) is 0.574. The van der Waals surface area contributed by atoms with Crippen LogP contribution in [-0.4, -0.2) is 36.3 Å². The number of methoxy groups -OCH3 is 1. The number of nitrogens with one attached hydrogen (secondary N) is 2. The summed E-state index contributed by atoms with van der Waals surface area (Å²) in [4.78, 5) is 24.1. The van der Waals surface area contributed by atoms with Crippen molar-refractivity contribution in [3.05, 3.63) is 28.7 Å². The van der Waals surface area contributed by atoms with Crippen molar-refractivity contribution >= 4 is 11.6 Å². The maximum Gasteiger partial charge on any atom is 0.250 e. The second-order valence-electron chi connectivity index (χ2n) is 5.82. The number of hydrogen-bond acceptors (Lipinski definition) is 4. The lowest BCUT2D eigenvalue weighted by atomic mass is 9.88. The lowest BCUT2D eigenvalue weighted by molar-refractivity contribution is -0.120. The van der Waals surface area contributed by atoms with Crippen LogP contribution in [-0.2, 0) is 16.1 Å². The first-order valence-electron chi connectivity index (χ1n) is 7.43. The first-order valence-corrected chi connectivity index (χ1v) is 7.43. The molecule has 2 saturated heterocycles. The number of nitrogens with zero attached hydrogens (tertiary/aromatic N) is 1. The van der Waals surface area contributed by atoms with Crippen LogP contribution in [0.1, 0.15) is 19.3 Å². The highest BCUT2D eigenvalue weighted by Crippen LogP contribution is 2.33. The number of rotatable bonds is 5. The van der Waals surface area contributed by atoms with Gasteiger partial charge in [0, 0.05) is 38.0 Å². The number of anilines is 1. The van der Waals surface area contributed by atoms with Crippen molar-refractivity contribution < 1.29 is 9.53 Å². The first-order chi connectivity index (χ1) is 10.2. The van der Waals surface area contributed by atoms with E-state index in [0.717, 1.165) is 12.8 Å². The average Bonchev–Trinajstić information content (AvgIpc) is 3.10. The summed E-state index contributed by atoms with van der Waals surface area (Å²) >= 11 is 0. The molecule has 0 aliphatic carbocycles. The maximum absolute atomic E-state index is 12.4. The molecule has 6 heteroatoms. The van der Waals surface area contributed by atoms with Gasteiger partial charge in [0.1, 0.15) is 0 Å². The lowest BCUT2D eigenvalue weighted by Gasteiger charge is -2.19. The van der Waals surface area contributed by atoms with Crippen LogP contribution in [0.2, 0.25) is 0 Å². The van der Waals surface area contributed by atoms with E-state index >= 15 is 0 Å². The number of hydrogen-bond donors (Lipinski definition) is 2. The normalized spacial score (nSPS) is 27.0. The van der Waals surface area contributed by atoms with Crippen molar-refractivity contribution in [2.24, 2.45) is 5.92 Å². The zero-order chi connectivity index (χ0) is 14.8. The fourth-order valence-electron chi connectivity index (χ4n) is 3.32. The monoisotopic (exact) mass is 291 g/mol. The van der Waals surface area contributed by atoms with Crippen LogP contribution < -0.4 is 16.2 Å². The second-order valence-corrected chi connectivity index (χ2v) is 5.82. The Hall–Kier alpha value is -1.66. The molecule has 3 atom stereocenters. The molecule has 0 aromatic carbocycles. The molecule has 2 fully saturated rings. The molecular weight excluding hydrogens is 270 g/mol. The van der Waals surface area contributed by atoms with E-state index in [4.69, 9.17) is 4.74 Å². The molecule has 2 aliphatic heterocycles. The highest BCUT2D eigenvalue weighted by Gasteiger charge is 2.42. The minimum absolute atomic E-state index is 0.0445. The van der Waals surface area contributed by atoms with Gasteiger partial charge >= 0.3 is 0 Å². The van der Waals surface area contributed by atoms with Crippen LogP contribution in [0.4, 0.5) is 5.69 Å². The largest absolute Gasteiger partial charge is 0.383 e. The molecule has 1 aromatic rings. The molecule has 114 valence electrons. The van der Waals surface area contributed by atoms with E-state index in [2.05, 4.69) is 10.6 Å². The molecule has 3 heterocycles. The number of amides is 1. The lowest BCUT2D eigenvalue weighted by Crippen LogP contribution is -2.33. The van der Waals surface area contributed by atoms with Gasteiger partial charge in [0.2, 0.25) is 5.91 Å². The molecule has 1 aromatic heterocycles. The molecule has 2 aliphatic rings. The van der Waals surface area contributed by atoms with Crippen molar-refractivity contribution in [2.75, 3.05) is 19.0 Å². The summed E-state index contributed by atoms with van der Waals surface area (Å²) in [5, 5.41) is 6.39. The van der Waals surface area contributed by atoms with E-state index in [1.807, 2.05) is 0 Å². The quantitative estimate of drug-likeness (QED) is 0.832. The van der Waals surface area contributed by atoms with Gasteiger partial charge in [-0.3, -0.25) is 9.59 Å². The Labute approximate surface area is 123 Å². The molecule has 0 spiro atoms. The topological polar surface area (TPSA) is 72.4 Å². The van der Waals surface area contributed by atoms with Crippen molar-refractivity contribution in [1.29, 1.82) is 0 Å². The van der Waals surface area contributed by atoms with E-state index < -0.39 is 0 Å². The van der Waals surface area contributed by atoms with Crippen LogP contribution in [0.3, 0.4) is 0 Å². The number of carbonyl (C=O) groups excluding carboxylic acids is 1. The van der Waals surface area contributed by atoms with Gasteiger partial charge in [-0.05, 0) is 25.3 Å². The van der Waals surface area contributed by atoms with Crippen molar-refractivity contribution in [2.45, 2.75) is 37.9 Å². The highest BCUT2D eigenvalue weighted by atomic mass is 16.5. The Morgan fingerprint density at radius 3 is 3.00 bits per heavy atom. The summed E-state index contributed by atoms with van der Waals surface area (Å²) < 4.78 is 6.53. The van der Waals surface area contributed by atoms with Crippen molar-refractivity contribution in [1.82, 2.24) is 9.88 Å². The van der Waals surface area contributed by atoms with Gasteiger partial charge in [0.15, 0.2) is 0 Å². The van der Waals surface area contributed by atoms with Crippen LogP contribution in [0.15, 0.2) is 23.1 Å². The van der Waals surface area contributed by atoms with E-state index in [9.17, 15) is 9.59 Å². The molecule has 2 bridgehead atoms. The average molecular weight is 291 g/mol. The summed E-state index contributed by atoms with van der Waals surface area (Å²) in [6, 6.07) is 3.95. The van der Waals surface area contributed by atoms with Gasteiger partial charge in [0.05, 0.1) is 18.2 Å². The Morgan fingerprint density at radius 2 is 2.33 bits per heavy atom. The molecule has 21 heavy (non-hydrogen) atoms. The summed E-state index contributed by atoms with van der Waals surface area (Å²) in [6.45, 7) is 0.947. The molecule has 0 radical (unpaired) electrons. The predicted molar refractivity (Wildman–Crippen MR) is 79.3 cm³/mol. The molecule has 1 amide bonds. The van der Waals surface area contributed by atoms with Crippen LogP contribution in [0.5, 0.6) is 0 Å². The fourth-order valence-corrected chi connectivity index (χ4v) is 3.32. The van der Waals surface area contributed by atoms with Gasteiger partial charge in [-0.1, -0.05) is 0 Å². The van der Waals surface area contributed by atoms with Gasteiger partial charge < -0.3 is 19.9 Å². The maximum atomic E-state index is 12.4. The van der Waals surface area contributed by atoms with E-state index in [0.29, 0.717) is 30.9 Å². The molecule has 0 saturated carbocycles. The number of fused-ring (bicyclic) bond motifs is 2. The zero-order valence-electron chi connectivity index (χ0n) is 12.2. The van der Waals surface area contributed by atoms with Crippen LogP contribution >= 0.6 is 0 Å². The van der Waals surface area contributed by atoms with E-state index in [1.165, 1.54) is 12.5 Å². The Kier molecular flexibility index (Phi) is 4.07. The SMILES string of the molecule is COCCn1cc(NC(=O)C2CC3CCC2N3)ccc1=O. The third kappa shape index (κ3) is 3.01. The molecular formula is C15H21N3O3. The predicted octanol–water partition coefficient (Wildman–Crippen LogP) is 0.574. The Bertz CT molecular complexity index is 584. The Morgan fingerprint density at radius 1 is 1.48 bits per heavy atom. The van der Waals surface area contributed by atoms with Crippen LogP contribution in [0.25, 0.3) is 0 Å². The zero-order valence-corrected chi connectivity index (χ0v) is 12.2. The number of carbonyl (C=O) groups is 1. The molecule has 6 nitrogen and oxygen atoms in total. The third-order valence-electron chi connectivity index (χ3n) is 4.42. The van der Waals surface area contributed by atoms with E-state index in [-0.39, 0.29) is 17.4 Å². The molecule has 2 N–H and O–H groups in total. The second kappa shape index (κ2) is 5.99. The Balaban J connectivity index is 1.67. The first kappa shape index (κ1) is 14.3. The number of aromatic nitrogens is 1. The minimum atomic E-state index is -0.0911. The summed E-state index contributed by atoms with van der Waals surface area (Å²) in [7, 11) is 1.60. The van der Waals surface area contributed by atoms with Gasteiger partial charge in [-0.2, -0.15) is 0 Å². The van der Waals surface area contributed by atoms with Gasteiger partial charge in [-0.15, -0.1) is 0 Å². The standard InChI is InChI=1S/C15H21N3O3/c1-21-7-6-18-9-11(3-5-14(18)19)17-15(20)12-8-10-2-4-13(12)16-10/h3,5,9-10,12-13,16H,2,4,6-8H2,1H3,(H,17,20). The van der Waals surface area contributed by atoms with Crippen molar-refractivity contribution in [3.8, 4) is 0 Å². The molecule has 3 unspecified atom stereocenters. The van der Waals surface area contributed by atoms with Gasteiger partial charge in [-0.25, -0.2) is 0 Å². The van der Waals surface area contributed by atoms with Crippen molar-refractivity contribution in [3.63, 3.8) is 0 Å². The highest BCUT2D eigenvalue weighted by molar-refractivity contribution is 5.93. The van der Waals surface area contributed by atoms with Gasteiger partial charge in [0.25, 0.3) is 5.56 Å².